The van der Waals surface area contributed by atoms with Crippen molar-refractivity contribution >= 4 is 17.7 Å². The molecule has 1 saturated carbocycles. The van der Waals surface area contributed by atoms with Crippen molar-refractivity contribution in [2.45, 2.75) is 52.1 Å². The van der Waals surface area contributed by atoms with E-state index in [1.165, 1.54) is 6.92 Å². The molecule has 0 amide bonds. The van der Waals surface area contributed by atoms with Crippen LogP contribution in [0.25, 0.3) is 0 Å². The van der Waals surface area contributed by atoms with Gasteiger partial charge in [0, 0.05) is 12.3 Å². The molecule has 4 unspecified atom stereocenters. The minimum Gasteiger partial charge on any atom is -0.494 e. The first-order valence-electron chi connectivity index (χ1n) is 10.1. The molecule has 1 aromatic carbocycles. The molecule has 0 heterocycles. The van der Waals surface area contributed by atoms with Gasteiger partial charge in [-0.3, -0.25) is 14.4 Å². The summed E-state index contributed by atoms with van der Waals surface area (Å²) in [6, 6.07) is 6.87. The van der Waals surface area contributed by atoms with Gasteiger partial charge in [-0.1, -0.05) is 19.1 Å². The van der Waals surface area contributed by atoms with Crippen molar-refractivity contribution in [2.75, 3.05) is 19.8 Å². The number of hydrogen-bond donors (Lipinski definition) is 1. The third kappa shape index (κ3) is 5.15. The van der Waals surface area contributed by atoms with Gasteiger partial charge in [-0.2, -0.15) is 0 Å². The average molecular weight is 406 g/mol. The first-order valence-corrected chi connectivity index (χ1v) is 10.1. The number of Topliss-reactive ketones (excluding diaryl/α,β-unsaturated/α-hetero) is 1. The van der Waals surface area contributed by atoms with Crippen LogP contribution in [0.2, 0.25) is 0 Å². The van der Waals surface area contributed by atoms with Crippen LogP contribution < -0.4 is 4.74 Å². The fraction of sp³-hybridized carbons (Fsp3) is 0.591. The largest absolute Gasteiger partial charge is 0.494 e. The Morgan fingerprint density at radius 3 is 2.21 bits per heavy atom. The highest BCUT2D eigenvalue weighted by molar-refractivity contribution is 6.02. The van der Waals surface area contributed by atoms with Crippen LogP contribution in [0.4, 0.5) is 0 Å². The Bertz CT molecular complexity index is 723. The Morgan fingerprint density at radius 2 is 1.66 bits per heavy atom. The summed E-state index contributed by atoms with van der Waals surface area (Å²) in [6.45, 7) is 7.54. The summed E-state index contributed by atoms with van der Waals surface area (Å²) in [4.78, 5) is 38.2. The number of hydrogen-bond acceptors (Lipinski definition) is 7. The van der Waals surface area contributed by atoms with Gasteiger partial charge >= 0.3 is 11.9 Å². The van der Waals surface area contributed by atoms with Gasteiger partial charge in [0.15, 0.2) is 5.78 Å². The van der Waals surface area contributed by atoms with Gasteiger partial charge in [-0.15, -0.1) is 0 Å². The van der Waals surface area contributed by atoms with E-state index < -0.39 is 41.1 Å². The van der Waals surface area contributed by atoms with Crippen LogP contribution >= 0.6 is 0 Å². The molecule has 0 aliphatic heterocycles. The number of esters is 2. The predicted molar refractivity (Wildman–Crippen MR) is 105 cm³/mol. The maximum Gasteiger partial charge on any atom is 0.317 e. The molecular formula is C22H30O7. The van der Waals surface area contributed by atoms with Crippen LogP contribution in [-0.4, -0.2) is 48.3 Å². The lowest BCUT2D eigenvalue weighted by molar-refractivity contribution is -0.172. The number of carbonyl (C=O) groups excluding carboxylic acids is 3. The molecule has 29 heavy (non-hydrogen) atoms. The summed E-state index contributed by atoms with van der Waals surface area (Å²) in [6.07, 6.45) is 0.533. The molecule has 7 heteroatoms. The van der Waals surface area contributed by atoms with Crippen LogP contribution in [-0.2, 0) is 23.9 Å². The molecule has 4 atom stereocenters. The van der Waals surface area contributed by atoms with Gasteiger partial charge in [0.1, 0.15) is 11.7 Å². The maximum absolute atomic E-state index is 12.8. The highest BCUT2D eigenvalue weighted by Crippen LogP contribution is 2.47. The third-order valence-electron chi connectivity index (χ3n) is 5.09. The summed E-state index contributed by atoms with van der Waals surface area (Å²) in [5.41, 5.74) is -1.08. The molecule has 0 saturated heterocycles. The van der Waals surface area contributed by atoms with Gasteiger partial charge < -0.3 is 19.3 Å². The number of aliphatic hydroxyl groups is 1. The molecule has 1 fully saturated rings. The summed E-state index contributed by atoms with van der Waals surface area (Å²) in [5, 5.41) is 10.9. The van der Waals surface area contributed by atoms with E-state index in [0.717, 1.165) is 6.42 Å². The Kier molecular flexibility index (Phi) is 7.79. The van der Waals surface area contributed by atoms with E-state index in [1.54, 1.807) is 38.1 Å². The van der Waals surface area contributed by atoms with E-state index >= 15 is 0 Å². The number of ketones is 1. The lowest BCUT2D eigenvalue weighted by atomic mass is 9.61. The molecule has 7 nitrogen and oxygen atoms in total. The van der Waals surface area contributed by atoms with E-state index in [-0.39, 0.29) is 19.6 Å². The Morgan fingerprint density at radius 1 is 1.07 bits per heavy atom. The van der Waals surface area contributed by atoms with Crippen molar-refractivity contribution in [3.8, 4) is 5.75 Å². The maximum atomic E-state index is 12.8. The van der Waals surface area contributed by atoms with E-state index in [9.17, 15) is 19.5 Å². The van der Waals surface area contributed by atoms with Gasteiger partial charge in [-0.05, 0) is 44.9 Å². The molecule has 1 aromatic rings. The SMILES string of the molecule is CCCOc1ccc(C2C(C(=O)OCC)C(=O)CC(C)(O)C2C(=O)OCC)cc1. The molecule has 0 aromatic heterocycles. The van der Waals surface area contributed by atoms with Gasteiger partial charge in [0.25, 0.3) is 0 Å². The fourth-order valence-corrected chi connectivity index (χ4v) is 3.89. The molecule has 160 valence electrons. The first kappa shape index (κ1) is 22.9. The smallest absolute Gasteiger partial charge is 0.317 e. The zero-order valence-corrected chi connectivity index (χ0v) is 17.5. The Balaban J connectivity index is 2.52. The molecule has 0 bridgehead atoms. The summed E-state index contributed by atoms with van der Waals surface area (Å²) >= 11 is 0. The van der Waals surface area contributed by atoms with Crippen LogP contribution in [0.1, 0.15) is 52.0 Å². The molecule has 1 aliphatic carbocycles. The minimum absolute atomic E-state index is 0.111. The average Bonchev–Trinajstić information content (AvgIpc) is 2.65. The van der Waals surface area contributed by atoms with Crippen molar-refractivity contribution in [2.24, 2.45) is 11.8 Å². The zero-order chi connectivity index (χ0) is 21.6. The standard InChI is InChI=1S/C22H30O7/c1-5-12-29-15-10-8-14(9-11-15)17-18(20(24)27-6-2)16(23)13-22(4,26)19(17)21(25)28-7-3/h8-11,17-19,26H,5-7,12-13H2,1-4H3. The van der Waals surface area contributed by atoms with Gasteiger partial charge in [-0.25, -0.2) is 0 Å². The third-order valence-corrected chi connectivity index (χ3v) is 5.09. The van der Waals surface area contributed by atoms with Crippen molar-refractivity contribution in [1.82, 2.24) is 0 Å². The molecule has 0 radical (unpaired) electrons. The lowest BCUT2D eigenvalue weighted by Gasteiger charge is -2.43. The predicted octanol–water partition coefficient (Wildman–Crippen LogP) is 2.64. The van der Waals surface area contributed by atoms with Crippen LogP contribution in [0.3, 0.4) is 0 Å². The minimum atomic E-state index is -1.64. The second-order valence-electron chi connectivity index (χ2n) is 7.40. The number of carbonyl (C=O) groups is 3. The fourth-order valence-electron chi connectivity index (χ4n) is 3.89. The molecular weight excluding hydrogens is 376 g/mol. The number of ether oxygens (including phenoxy) is 3. The molecule has 1 N–H and O–H groups in total. The quantitative estimate of drug-likeness (QED) is 0.523. The van der Waals surface area contributed by atoms with Gasteiger partial charge in [0.2, 0.25) is 0 Å². The monoisotopic (exact) mass is 406 g/mol. The van der Waals surface area contributed by atoms with Crippen LogP contribution in [0, 0.1) is 11.8 Å². The zero-order valence-electron chi connectivity index (χ0n) is 17.5. The summed E-state index contributed by atoms with van der Waals surface area (Å²) in [7, 11) is 0. The molecule has 0 spiro atoms. The van der Waals surface area contributed by atoms with E-state index in [0.29, 0.717) is 17.9 Å². The first-order chi connectivity index (χ1) is 13.8. The molecule has 1 aliphatic rings. The lowest BCUT2D eigenvalue weighted by Crippen LogP contribution is -2.55. The van der Waals surface area contributed by atoms with Crippen LogP contribution in [0.5, 0.6) is 5.75 Å². The van der Waals surface area contributed by atoms with Crippen molar-refractivity contribution in [3.63, 3.8) is 0 Å². The second-order valence-corrected chi connectivity index (χ2v) is 7.40. The number of benzene rings is 1. The summed E-state index contributed by atoms with van der Waals surface area (Å²) < 4.78 is 15.9. The normalized spacial score (nSPS) is 26.7. The summed E-state index contributed by atoms with van der Waals surface area (Å²) in [5.74, 6) is -4.32. The van der Waals surface area contributed by atoms with Crippen molar-refractivity contribution in [1.29, 1.82) is 0 Å². The highest BCUT2D eigenvalue weighted by atomic mass is 16.5. The van der Waals surface area contributed by atoms with Crippen LogP contribution in [0.15, 0.2) is 24.3 Å². The van der Waals surface area contributed by atoms with E-state index in [1.807, 2.05) is 6.92 Å². The van der Waals surface area contributed by atoms with E-state index in [4.69, 9.17) is 14.2 Å². The van der Waals surface area contributed by atoms with Gasteiger partial charge in [0.05, 0.1) is 31.3 Å². The highest BCUT2D eigenvalue weighted by Gasteiger charge is 2.57. The number of rotatable bonds is 8. The Labute approximate surface area is 171 Å². The topological polar surface area (TPSA) is 99.1 Å². The second kappa shape index (κ2) is 9.87. The van der Waals surface area contributed by atoms with Crippen molar-refractivity contribution in [3.05, 3.63) is 29.8 Å². The van der Waals surface area contributed by atoms with E-state index in [2.05, 4.69) is 0 Å². The van der Waals surface area contributed by atoms with Crippen molar-refractivity contribution < 1.29 is 33.7 Å². The molecule has 2 rings (SSSR count). The Hall–Kier alpha value is -2.41.